The molecule has 0 aromatic carbocycles. The minimum absolute atomic E-state index is 0.333. The molecule has 1 saturated carbocycles. The van der Waals surface area contributed by atoms with E-state index in [1.165, 1.54) is 0 Å². The van der Waals surface area contributed by atoms with Gasteiger partial charge in [0.1, 0.15) is 0 Å². The molecule has 4 nitrogen and oxygen atoms in total. The summed E-state index contributed by atoms with van der Waals surface area (Å²) in [6, 6.07) is 0.351. The first-order valence-electron chi connectivity index (χ1n) is 5.36. The zero-order chi connectivity index (χ0) is 10.0. The van der Waals surface area contributed by atoms with Gasteiger partial charge >= 0.3 is 0 Å². The van der Waals surface area contributed by atoms with Gasteiger partial charge in [0.25, 0.3) is 0 Å². The molecule has 0 aromatic heterocycles. The van der Waals surface area contributed by atoms with E-state index in [4.69, 9.17) is 0 Å². The lowest BCUT2D eigenvalue weighted by Crippen LogP contribution is -2.38. The maximum atomic E-state index is 11.5. The Labute approximate surface area is 85.5 Å². The van der Waals surface area contributed by atoms with Gasteiger partial charge in [0.05, 0.1) is 5.75 Å². The van der Waals surface area contributed by atoms with Crippen molar-refractivity contribution >= 4 is 10.0 Å². The lowest BCUT2D eigenvalue weighted by molar-refractivity contribution is 0.549. The molecule has 1 aliphatic heterocycles. The van der Waals surface area contributed by atoms with Gasteiger partial charge in [0.2, 0.25) is 10.0 Å². The first-order valence-corrected chi connectivity index (χ1v) is 7.02. The van der Waals surface area contributed by atoms with Crippen molar-refractivity contribution in [3.63, 3.8) is 0 Å². The fourth-order valence-corrected chi connectivity index (χ4v) is 3.34. The normalized spacial score (nSPS) is 28.1. The van der Waals surface area contributed by atoms with Crippen molar-refractivity contribution in [2.75, 3.05) is 18.8 Å². The van der Waals surface area contributed by atoms with Crippen molar-refractivity contribution in [1.29, 1.82) is 0 Å². The van der Waals surface area contributed by atoms with E-state index < -0.39 is 10.0 Å². The summed E-state index contributed by atoms with van der Waals surface area (Å²) < 4.78 is 25.7. The molecule has 0 spiro atoms. The predicted molar refractivity (Wildman–Crippen MR) is 55.5 cm³/mol. The summed E-state index contributed by atoms with van der Waals surface area (Å²) in [5.74, 6) is 0.767. The van der Waals surface area contributed by atoms with Crippen molar-refractivity contribution < 1.29 is 8.42 Å². The van der Waals surface area contributed by atoms with Gasteiger partial charge in [-0.25, -0.2) is 13.1 Å². The summed E-state index contributed by atoms with van der Waals surface area (Å²) >= 11 is 0. The molecule has 2 rings (SSSR count). The lowest BCUT2D eigenvalue weighted by atomic mass is 10.2. The van der Waals surface area contributed by atoms with Crippen LogP contribution in [0.4, 0.5) is 0 Å². The number of hydrogen-bond donors (Lipinski definition) is 2. The van der Waals surface area contributed by atoms with E-state index in [2.05, 4.69) is 10.0 Å². The Morgan fingerprint density at radius 3 is 2.64 bits per heavy atom. The van der Waals surface area contributed by atoms with Crippen molar-refractivity contribution in [3.8, 4) is 0 Å². The van der Waals surface area contributed by atoms with Crippen LogP contribution in [0.5, 0.6) is 0 Å². The van der Waals surface area contributed by atoms with Gasteiger partial charge in [0, 0.05) is 12.6 Å². The molecule has 0 radical (unpaired) electrons. The second-order valence-electron chi connectivity index (χ2n) is 4.37. The molecular formula is C9H18N2O2S. The third-order valence-corrected chi connectivity index (χ3v) is 4.38. The molecule has 0 aromatic rings. The van der Waals surface area contributed by atoms with Gasteiger partial charge in [0.15, 0.2) is 0 Å². The van der Waals surface area contributed by atoms with E-state index in [1.807, 2.05) is 0 Å². The summed E-state index contributed by atoms with van der Waals surface area (Å²) in [7, 11) is -3.00. The van der Waals surface area contributed by atoms with Gasteiger partial charge < -0.3 is 5.32 Å². The molecule has 1 atom stereocenters. The minimum Gasteiger partial charge on any atom is -0.313 e. The number of sulfonamides is 1. The highest BCUT2D eigenvalue weighted by molar-refractivity contribution is 7.89. The van der Waals surface area contributed by atoms with Gasteiger partial charge in [-0.3, -0.25) is 0 Å². The van der Waals surface area contributed by atoms with Gasteiger partial charge in [-0.2, -0.15) is 0 Å². The highest BCUT2D eigenvalue weighted by Crippen LogP contribution is 2.29. The zero-order valence-electron chi connectivity index (χ0n) is 8.33. The minimum atomic E-state index is -3.00. The zero-order valence-corrected chi connectivity index (χ0v) is 9.15. The van der Waals surface area contributed by atoms with Crippen molar-refractivity contribution in [2.45, 2.75) is 31.7 Å². The Bertz CT molecular complexity index is 279. The van der Waals surface area contributed by atoms with Crippen LogP contribution in [-0.4, -0.2) is 33.3 Å². The summed E-state index contributed by atoms with van der Waals surface area (Å²) in [5.41, 5.74) is 0. The molecule has 14 heavy (non-hydrogen) atoms. The molecule has 5 heteroatoms. The molecule has 1 unspecified atom stereocenters. The van der Waals surface area contributed by atoms with Crippen LogP contribution >= 0.6 is 0 Å². The van der Waals surface area contributed by atoms with Crippen LogP contribution in [-0.2, 0) is 10.0 Å². The fraction of sp³-hybridized carbons (Fsp3) is 1.00. The number of hydrogen-bond acceptors (Lipinski definition) is 3. The van der Waals surface area contributed by atoms with E-state index in [-0.39, 0.29) is 0 Å². The van der Waals surface area contributed by atoms with Gasteiger partial charge in [-0.15, -0.1) is 0 Å². The highest BCUT2D eigenvalue weighted by Gasteiger charge is 2.28. The fourth-order valence-electron chi connectivity index (χ4n) is 1.81. The Morgan fingerprint density at radius 2 is 2.07 bits per heavy atom. The first-order chi connectivity index (χ1) is 6.66. The molecular weight excluding hydrogens is 200 g/mol. The number of rotatable bonds is 5. The number of nitrogens with one attached hydrogen (secondary N) is 2. The molecule has 1 aliphatic carbocycles. The Kier molecular flexibility index (Phi) is 3.09. The third-order valence-electron chi connectivity index (χ3n) is 2.86. The highest BCUT2D eigenvalue weighted by atomic mass is 32.2. The predicted octanol–water partition coefficient (Wildman–Crippen LogP) is 0.0678. The smallest absolute Gasteiger partial charge is 0.211 e. The summed E-state index contributed by atoms with van der Waals surface area (Å²) in [4.78, 5) is 0. The topological polar surface area (TPSA) is 58.2 Å². The average Bonchev–Trinajstić information content (AvgIpc) is 2.78. The maximum absolute atomic E-state index is 11.5. The summed E-state index contributed by atoms with van der Waals surface area (Å²) in [6.07, 6.45) is 4.42. The van der Waals surface area contributed by atoms with Crippen LogP contribution in [0.2, 0.25) is 0 Å². The van der Waals surface area contributed by atoms with E-state index in [0.717, 1.165) is 32.2 Å². The standard InChI is InChI=1S/C9H18N2O2S/c12-14(13,7-8-3-4-8)11-6-9-2-1-5-10-9/h8-11H,1-7H2. The molecule has 2 fully saturated rings. The van der Waals surface area contributed by atoms with Crippen LogP contribution in [0.3, 0.4) is 0 Å². The molecule has 1 heterocycles. The molecule has 2 aliphatic rings. The Hall–Kier alpha value is -0.130. The van der Waals surface area contributed by atoms with Crippen molar-refractivity contribution in [1.82, 2.24) is 10.0 Å². The average molecular weight is 218 g/mol. The Morgan fingerprint density at radius 1 is 1.29 bits per heavy atom. The van der Waals surface area contributed by atoms with E-state index in [9.17, 15) is 8.42 Å². The summed E-state index contributed by atoms with van der Waals surface area (Å²) in [6.45, 7) is 1.59. The maximum Gasteiger partial charge on any atom is 0.211 e. The molecule has 2 N–H and O–H groups in total. The monoisotopic (exact) mass is 218 g/mol. The van der Waals surface area contributed by atoms with Crippen LogP contribution < -0.4 is 10.0 Å². The molecule has 0 bridgehead atoms. The largest absolute Gasteiger partial charge is 0.313 e. The molecule has 0 amide bonds. The van der Waals surface area contributed by atoms with Crippen molar-refractivity contribution in [3.05, 3.63) is 0 Å². The van der Waals surface area contributed by atoms with E-state index in [1.54, 1.807) is 0 Å². The SMILES string of the molecule is O=S(=O)(CC1CC1)NCC1CCCN1. The van der Waals surface area contributed by atoms with Gasteiger partial charge in [-0.1, -0.05) is 0 Å². The van der Waals surface area contributed by atoms with Crippen LogP contribution in [0.15, 0.2) is 0 Å². The van der Waals surface area contributed by atoms with Gasteiger partial charge in [-0.05, 0) is 38.1 Å². The second kappa shape index (κ2) is 4.16. The van der Waals surface area contributed by atoms with Crippen LogP contribution in [0.25, 0.3) is 0 Å². The first kappa shape index (κ1) is 10.4. The molecule has 1 saturated heterocycles. The Balaban J connectivity index is 1.71. The van der Waals surface area contributed by atoms with E-state index in [0.29, 0.717) is 24.3 Å². The third kappa shape index (κ3) is 3.22. The lowest BCUT2D eigenvalue weighted by Gasteiger charge is -2.11. The summed E-state index contributed by atoms with van der Waals surface area (Å²) in [5, 5.41) is 3.27. The van der Waals surface area contributed by atoms with Crippen LogP contribution in [0.1, 0.15) is 25.7 Å². The second-order valence-corrected chi connectivity index (χ2v) is 6.22. The quantitative estimate of drug-likeness (QED) is 0.686. The van der Waals surface area contributed by atoms with Crippen molar-refractivity contribution in [2.24, 2.45) is 5.92 Å². The van der Waals surface area contributed by atoms with Crippen LogP contribution in [0, 0.1) is 5.92 Å². The molecule has 82 valence electrons. The van der Waals surface area contributed by atoms with E-state index >= 15 is 0 Å².